The number of halogens is 3. The number of likely N-dealkylation sites (N-methyl/N-ethyl adjacent to an activating group) is 1. The van der Waals surface area contributed by atoms with E-state index in [0.717, 1.165) is 16.4 Å². The van der Waals surface area contributed by atoms with Crippen LogP contribution in [0.1, 0.15) is 43.2 Å². The van der Waals surface area contributed by atoms with Crippen molar-refractivity contribution in [2.75, 3.05) is 20.2 Å². The van der Waals surface area contributed by atoms with Crippen molar-refractivity contribution >= 4 is 16.0 Å². The number of hydrogen-bond acceptors (Lipinski definition) is 4. The molecule has 0 radical (unpaired) electrons. The largest absolute Gasteiger partial charge is 0.481 e. The van der Waals surface area contributed by atoms with E-state index in [2.05, 4.69) is 0 Å². The van der Waals surface area contributed by atoms with E-state index in [-0.39, 0.29) is 24.6 Å². The SMILES string of the molecule is CCC[C@@H](CC(=O)O)c1cc(C(F)(F)F)cc(S(=O)(=O)N(C)CC2CO2)c1. The summed E-state index contributed by atoms with van der Waals surface area (Å²) in [4.78, 5) is 10.6. The Bertz CT molecular complexity index is 790. The minimum Gasteiger partial charge on any atom is -0.481 e. The van der Waals surface area contributed by atoms with Crippen LogP contribution in [0.3, 0.4) is 0 Å². The van der Waals surface area contributed by atoms with E-state index in [4.69, 9.17) is 9.84 Å². The fourth-order valence-electron chi connectivity index (χ4n) is 2.85. The lowest BCUT2D eigenvalue weighted by molar-refractivity contribution is -0.138. The topological polar surface area (TPSA) is 87.2 Å². The molecule has 27 heavy (non-hydrogen) atoms. The van der Waals surface area contributed by atoms with Crippen LogP contribution >= 0.6 is 0 Å². The normalized spacial score (nSPS) is 18.5. The summed E-state index contributed by atoms with van der Waals surface area (Å²) in [6.45, 7) is 2.23. The maximum absolute atomic E-state index is 13.3. The molecule has 2 rings (SSSR count). The second-order valence-corrected chi connectivity index (χ2v) is 8.66. The third kappa shape index (κ3) is 5.66. The van der Waals surface area contributed by atoms with Crippen molar-refractivity contribution < 1.29 is 36.2 Å². The molecule has 1 aromatic carbocycles. The number of carboxylic acid groups (broad SMARTS) is 1. The molecule has 1 aliphatic rings. The number of hydrogen-bond donors (Lipinski definition) is 1. The van der Waals surface area contributed by atoms with Gasteiger partial charge in [0.1, 0.15) is 0 Å². The molecule has 0 bridgehead atoms. The predicted molar refractivity (Wildman–Crippen MR) is 90.9 cm³/mol. The van der Waals surface area contributed by atoms with Gasteiger partial charge >= 0.3 is 12.1 Å². The van der Waals surface area contributed by atoms with Crippen LogP contribution in [0.4, 0.5) is 13.2 Å². The third-order valence-corrected chi connectivity index (χ3v) is 6.16. The smallest absolute Gasteiger partial charge is 0.416 e. The Labute approximate surface area is 156 Å². The predicted octanol–water partition coefficient (Wildman–Crippen LogP) is 3.08. The quantitative estimate of drug-likeness (QED) is 0.634. The minimum atomic E-state index is -4.75. The molecule has 2 atom stereocenters. The Morgan fingerprint density at radius 2 is 2.00 bits per heavy atom. The number of rotatable bonds is 9. The first-order valence-electron chi connectivity index (χ1n) is 8.47. The summed E-state index contributed by atoms with van der Waals surface area (Å²) in [5, 5.41) is 9.06. The first-order valence-corrected chi connectivity index (χ1v) is 9.91. The highest BCUT2D eigenvalue weighted by Gasteiger charge is 2.35. The van der Waals surface area contributed by atoms with Crippen LogP contribution in [0.15, 0.2) is 23.1 Å². The van der Waals surface area contributed by atoms with Crippen molar-refractivity contribution in [1.29, 1.82) is 0 Å². The maximum atomic E-state index is 13.3. The van der Waals surface area contributed by atoms with E-state index < -0.39 is 38.5 Å². The highest BCUT2D eigenvalue weighted by atomic mass is 32.2. The average Bonchev–Trinajstić information content (AvgIpc) is 3.36. The molecule has 1 fully saturated rings. The highest BCUT2D eigenvalue weighted by molar-refractivity contribution is 7.89. The summed E-state index contributed by atoms with van der Waals surface area (Å²) in [5.41, 5.74) is -1.05. The van der Waals surface area contributed by atoms with Crippen molar-refractivity contribution in [2.24, 2.45) is 0 Å². The lowest BCUT2D eigenvalue weighted by atomic mass is 9.90. The summed E-state index contributed by atoms with van der Waals surface area (Å²) in [7, 11) is -2.89. The molecule has 152 valence electrons. The number of epoxide rings is 1. The molecule has 0 aromatic heterocycles. The average molecular weight is 409 g/mol. The number of carboxylic acids is 1. The maximum Gasteiger partial charge on any atom is 0.416 e. The van der Waals surface area contributed by atoms with Gasteiger partial charge in [0.2, 0.25) is 10.0 Å². The molecule has 0 aliphatic carbocycles. The number of benzene rings is 1. The molecule has 1 aromatic rings. The Morgan fingerprint density at radius 1 is 1.37 bits per heavy atom. The van der Waals surface area contributed by atoms with E-state index >= 15 is 0 Å². The second kappa shape index (κ2) is 8.15. The Kier molecular flexibility index (Phi) is 6.54. The highest BCUT2D eigenvalue weighted by Crippen LogP contribution is 2.36. The Balaban J connectivity index is 2.51. The van der Waals surface area contributed by atoms with Gasteiger partial charge in [0.25, 0.3) is 0 Å². The number of ether oxygens (including phenoxy) is 1. The molecular formula is C17H22F3NO5S. The van der Waals surface area contributed by atoms with Gasteiger partial charge in [-0.1, -0.05) is 13.3 Å². The molecular weight excluding hydrogens is 387 g/mol. The van der Waals surface area contributed by atoms with Crippen molar-refractivity contribution in [3.63, 3.8) is 0 Å². The minimum absolute atomic E-state index is 0.0431. The van der Waals surface area contributed by atoms with Crippen LogP contribution in [0.25, 0.3) is 0 Å². The van der Waals surface area contributed by atoms with Crippen LogP contribution in [-0.4, -0.2) is 50.1 Å². The fourth-order valence-corrected chi connectivity index (χ4v) is 4.14. The number of aliphatic carboxylic acids is 1. The van der Waals surface area contributed by atoms with E-state index in [1.165, 1.54) is 7.05 Å². The van der Waals surface area contributed by atoms with Crippen molar-refractivity contribution in [3.05, 3.63) is 29.3 Å². The number of sulfonamides is 1. The molecule has 1 heterocycles. The zero-order chi connectivity index (χ0) is 20.4. The molecule has 0 amide bonds. The summed E-state index contributed by atoms with van der Waals surface area (Å²) in [6, 6.07) is 2.58. The van der Waals surface area contributed by atoms with Crippen LogP contribution in [-0.2, 0) is 25.7 Å². The monoisotopic (exact) mass is 409 g/mol. The lowest BCUT2D eigenvalue weighted by Gasteiger charge is -2.21. The molecule has 1 aliphatic heterocycles. The standard InChI is InChI=1S/C17H22F3NO5S/c1-3-4-11(7-16(22)23)12-5-13(17(18,19)20)8-15(6-12)27(24,25)21(2)9-14-10-26-14/h5-6,8,11,14H,3-4,7,9-10H2,1-2H3,(H,22,23)/t11-,14?/m0/s1. The zero-order valence-corrected chi connectivity index (χ0v) is 15.8. The molecule has 0 spiro atoms. The van der Waals surface area contributed by atoms with Crippen LogP contribution < -0.4 is 0 Å². The molecule has 0 saturated carbocycles. The van der Waals surface area contributed by atoms with Gasteiger partial charge in [0.05, 0.1) is 29.6 Å². The van der Waals surface area contributed by atoms with Gasteiger partial charge in [-0.3, -0.25) is 4.79 Å². The summed E-state index contributed by atoms with van der Waals surface area (Å²) >= 11 is 0. The summed E-state index contributed by atoms with van der Waals surface area (Å²) in [5.74, 6) is -1.86. The van der Waals surface area contributed by atoms with Crippen molar-refractivity contribution in [2.45, 2.75) is 49.3 Å². The number of alkyl halides is 3. The Morgan fingerprint density at radius 3 is 2.48 bits per heavy atom. The molecule has 6 nitrogen and oxygen atoms in total. The lowest BCUT2D eigenvalue weighted by Crippen LogP contribution is -2.31. The van der Waals surface area contributed by atoms with E-state index in [1.54, 1.807) is 6.92 Å². The fraction of sp³-hybridized carbons (Fsp3) is 0.588. The van der Waals surface area contributed by atoms with Gasteiger partial charge in [-0.25, -0.2) is 8.42 Å². The van der Waals surface area contributed by atoms with Gasteiger partial charge in [-0.05, 0) is 36.1 Å². The van der Waals surface area contributed by atoms with Crippen LogP contribution in [0.5, 0.6) is 0 Å². The molecule has 1 unspecified atom stereocenters. The van der Waals surface area contributed by atoms with E-state index in [0.29, 0.717) is 25.5 Å². The molecule has 1 saturated heterocycles. The second-order valence-electron chi connectivity index (χ2n) is 6.61. The zero-order valence-electron chi connectivity index (χ0n) is 15.0. The first-order chi connectivity index (χ1) is 12.4. The number of nitrogens with zero attached hydrogens (tertiary/aromatic N) is 1. The Hall–Kier alpha value is -1.65. The van der Waals surface area contributed by atoms with Crippen LogP contribution in [0.2, 0.25) is 0 Å². The van der Waals surface area contributed by atoms with Gasteiger partial charge in [0, 0.05) is 13.6 Å². The molecule has 1 N–H and O–H groups in total. The van der Waals surface area contributed by atoms with Gasteiger partial charge < -0.3 is 9.84 Å². The van der Waals surface area contributed by atoms with Crippen LogP contribution in [0, 0.1) is 0 Å². The summed E-state index contributed by atoms with van der Waals surface area (Å²) in [6.07, 6.45) is -4.50. The van der Waals surface area contributed by atoms with Gasteiger partial charge in [-0.2, -0.15) is 17.5 Å². The van der Waals surface area contributed by atoms with Crippen molar-refractivity contribution in [1.82, 2.24) is 4.31 Å². The summed E-state index contributed by atoms with van der Waals surface area (Å²) < 4.78 is 71.3. The van der Waals surface area contributed by atoms with E-state index in [1.807, 2.05) is 0 Å². The van der Waals surface area contributed by atoms with Gasteiger partial charge in [0.15, 0.2) is 0 Å². The van der Waals surface area contributed by atoms with E-state index in [9.17, 15) is 26.4 Å². The number of carbonyl (C=O) groups is 1. The first kappa shape index (κ1) is 21.6. The van der Waals surface area contributed by atoms with Crippen molar-refractivity contribution in [3.8, 4) is 0 Å². The van der Waals surface area contributed by atoms with Gasteiger partial charge in [-0.15, -0.1) is 0 Å². The third-order valence-electron chi connectivity index (χ3n) is 4.36. The molecule has 10 heteroatoms.